The zero-order valence-corrected chi connectivity index (χ0v) is 12.3. The third-order valence-corrected chi connectivity index (χ3v) is 4.34. The summed E-state index contributed by atoms with van der Waals surface area (Å²) in [6.45, 7) is 1.41. The van der Waals surface area contributed by atoms with Crippen molar-refractivity contribution in [2.75, 3.05) is 7.05 Å². The molecule has 0 aliphatic heterocycles. The summed E-state index contributed by atoms with van der Waals surface area (Å²) in [7, 11) is 2.03. The molecule has 112 valence electrons. The molecule has 0 aromatic carbocycles. The van der Waals surface area contributed by atoms with Crippen molar-refractivity contribution in [1.82, 2.24) is 20.2 Å². The molecular weight excluding hydrogens is 268 g/mol. The Kier molecular flexibility index (Phi) is 3.25. The fourth-order valence-corrected chi connectivity index (χ4v) is 2.69. The third kappa shape index (κ3) is 2.85. The molecule has 6 heteroatoms. The first-order valence-corrected chi connectivity index (χ1v) is 7.74. The fourth-order valence-electron chi connectivity index (χ4n) is 2.69. The zero-order valence-electron chi connectivity index (χ0n) is 12.3. The standard InChI is InChI=1S/C15H20N4O2/c1-19(8-12-7-13(20-17-12)10-5-6-10)9-14-16-15(21-18-14)11-3-2-4-11/h7,10-11H,2-6,8-9H2,1H3. The van der Waals surface area contributed by atoms with Crippen molar-refractivity contribution in [2.45, 2.75) is 57.0 Å². The van der Waals surface area contributed by atoms with Crippen LogP contribution in [0.25, 0.3) is 0 Å². The number of hydrogen-bond donors (Lipinski definition) is 0. The van der Waals surface area contributed by atoms with Crippen LogP contribution in [0, 0.1) is 0 Å². The van der Waals surface area contributed by atoms with E-state index in [2.05, 4.69) is 26.3 Å². The molecule has 0 unspecified atom stereocenters. The second-order valence-corrected chi connectivity index (χ2v) is 6.34. The van der Waals surface area contributed by atoms with Crippen molar-refractivity contribution in [2.24, 2.45) is 0 Å². The molecule has 2 aliphatic carbocycles. The van der Waals surface area contributed by atoms with Crippen LogP contribution < -0.4 is 0 Å². The quantitative estimate of drug-likeness (QED) is 0.814. The predicted molar refractivity (Wildman–Crippen MR) is 74.5 cm³/mol. The van der Waals surface area contributed by atoms with Crippen LogP contribution in [-0.2, 0) is 13.1 Å². The highest BCUT2D eigenvalue weighted by molar-refractivity contribution is 5.14. The van der Waals surface area contributed by atoms with E-state index in [0.29, 0.717) is 18.4 Å². The molecule has 6 nitrogen and oxygen atoms in total. The van der Waals surface area contributed by atoms with E-state index in [1.165, 1.54) is 32.1 Å². The van der Waals surface area contributed by atoms with Gasteiger partial charge in [-0.1, -0.05) is 16.7 Å². The van der Waals surface area contributed by atoms with Gasteiger partial charge in [0.15, 0.2) is 5.82 Å². The van der Waals surface area contributed by atoms with Gasteiger partial charge in [0.1, 0.15) is 5.76 Å². The van der Waals surface area contributed by atoms with Crippen molar-refractivity contribution in [3.8, 4) is 0 Å². The molecule has 4 rings (SSSR count). The lowest BCUT2D eigenvalue weighted by Gasteiger charge is -2.20. The minimum atomic E-state index is 0.494. The normalized spacial score (nSPS) is 19.1. The van der Waals surface area contributed by atoms with Gasteiger partial charge in [0, 0.05) is 24.4 Å². The van der Waals surface area contributed by atoms with Gasteiger partial charge in [0.2, 0.25) is 5.89 Å². The molecule has 2 aliphatic rings. The summed E-state index contributed by atoms with van der Waals surface area (Å²) in [5.74, 6) is 3.70. The third-order valence-electron chi connectivity index (χ3n) is 4.34. The van der Waals surface area contributed by atoms with Crippen LogP contribution in [0.15, 0.2) is 15.1 Å². The van der Waals surface area contributed by atoms with Crippen molar-refractivity contribution in [1.29, 1.82) is 0 Å². The maximum atomic E-state index is 5.37. The lowest BCUT2D eigenvalue weighted by atomic mass is 9.85. The van der Waals surface area contributed by atoms with Gasteiger partial charge in [-0.05, 0) is 32.7 Å². The predicted octanol–water partition coefficient (Wildman–Crippen LogP) is 2.83. The first kappa shape index (κ1) is 13.0. The van der Waals surface area contributed by atoms with E-state index in [1.54, 1.807) is 0 Å². The van der Waals surface area contributed by atoms with E-state index >= 15 is 0 Å². The molecule has 2 aromatic rings. The van der Waals surface area contributed by atoms with E-state index in [4.69, 9.17) is 9.05 Å². The molecule has 0 amide bonds. The highest BCUT2D eigenvalue weighted by Gasteiger charge is 2.28. The molecule has 2 saturated carbocycles. The molecule has 0 bridgehead atoms. The van der Waals surface area contributed by atoms with Crippen molar-refractivity contribution >= 4 is 0 Å². The molecule has 0 atom stereocenters. The maximum Gasteiger partial charge on any atom is 0.229 e. The molecule has 0 N–H and O–H groups in total. The van der Waals surface area contributed by atoms with Crippen LogP contribution in [0.2, 0.25) is 0 Å². The minimum absolute atomic E-state index is 0.494. The van der Waals surface area contributed by atoms with Gasteiger partial charge in [0.25, 0.3) is 0 Å². The van der Waals surface area contributed by atoms with Gasteiger partial charge in [-0.15, -0.1) is 0 Å². The second kappa shape index (κ2) is 5.26. The Hall–Kier alpha value is -1.69. The van der Waals surface area contributed by atoms with Gasteiger partial charge in [-0.25, -0.2) is 0 Å². The average molecular weight is 288 g/mol. The number of aromatic nitrogens is 3. The number of nitrogens with zero attached hydrogens (tertiary/aromatic N) is 4. The van der Waals surface area contributed by atoms with Crippen molar-refractivity contribution < 1.29 is 9.05 Å². The summed E-state index contributed by atoms with van der Waals surface area (Å²) < 4.78 is 10.7. The van der Waals surface area contributed by atoms with E-state index < -0.39 is 0 Å². The summed E-state index contributed by atoms with van der Waals surface area (Å²) in [4.78, 5) is 6.62. The Bertz CT molecular complexity index is 613. The average Bonchev–Trinajstić information content (AvgIpc) is 2.99. The topological polar surface area (TPSA) is 68.2 Å². The summed E-state index contributed by atoms with van der Waals surface area (Å²) in [6, 6.07) is 2.07. The Morgan fingerprint density at radius 1 is 1.10 bits per heavy atom. The van der Waals surface area contributed by atoms with Gasteiger partial charge in [-0.3, -0.25) is 4.90 Å². The fraction of sp³-hybridized carbons (Fsp3) is 0.667. The van der Waals surface area contributed by atoms with Crippen LogP contribution in [0.5, 0.6) is 0 Å². The molecule has 2 heterocycles. The Morgan fingerprint density at radius 2 is 1.95 bits per heavy atom. The number of rotatable bonds is 6. The molecule has 21 heavy (non-hydrogen) atoms. The smallest absolute Gasteiger partial charge is 0.229 e. The van der Waals surface area contributed by atoms with E-state index in [0.717, 1.165) is 29.7 Å². The molecule has 2 fully saturated rings. The second-order valence-electron chi connectivity index (χ2n) is 6.34. The Labute approximate surface area is 123 Å². The largest absolute Gasteiger partial charge is 0.361 e. The first-order chi connectivity index (χ1) is 10.3. The highest BCUT2D eigenvalue weighted by atomic mass is 16.5. The monoisotopic (exact) mass is 288 g/mol. The maximum absolute atomic E-state index is 5.37. The molecular formula is C15H20N4O2. The lowest BCUT2D eigenvalue weighted by Crippen LogP contribution is -2.18. The lowest BCUT2D eigenvalue weighted by molar-refractivity contribution is 0.276. The minimum Gasteiger partial charge on any atom is -0.361 e. The highest BCUT2D eigenvalue weighted by Crippen LogP contribution is 2.40. The summed E-state index contributed by atoms with van der Waals surface area (Å²) in [5.41, 5.74) is 0.974. The van der Waals surface area contributed by atoms with Gasteiger partial charge >= 0.3 is 0 Å². The van der Waals surface area contributed by atoms with Crippen LogP contribution in [-0.4, -0.2) is 27.2 Å². The van der Waals surface area contributed by atoms with Gasteiger partial charge in [0.05, 0.1) is 12.2 Å². The molecule has 2 aromatic heterocycles. The van der Waals surface area contributed by atoms with Gasteiger partial charge in [-0.2, -0.15) is 4.98 Å². The SMILES string of the molecule is CN(Cc1cc(C2CC2)on1)Cc1noc(C2CCC2)n1. The molecule has 0 saturated heterocycles. The van der Waals surface area contributed by atoms with E-state index in [9.17, 15) is 0 Å². The van der Waals surface area contributed by atoms with Crippen LogP contribution in [0.4, 0.5) is 0 Å². The summed E-state index contributed by atoms with van der Waals surface area (Å²) in [6.07, 6.45) is 6.10. The van der Waals surface area contributed by atoms with Crippen LogP contribution >= 0.6 is 0 Å². The van der Waals surface area contributed by atoms with Crippen LogP contribution in [0.3, 0.4) is 0 Å². The first-order valence-electron chi connectivity index (χ1n) is 7.74. The Morgan fingerprint density at radius 3 is 2.67 bits per heavy atom. The number of hydrogen-bond acceptors (Lipinski definition) is 6. The summed E-state index contributed by atoms with van der Waals surface area (Å²) >= 11 is 0. The van der Waals surface area contributed by atoms with E-state index in [-0.39, 0.29) is 0 Å². The van der Waals surface area contributed by atoms with E-state index in [1.807, 2.05) is 7.05 Å². The van der Waals surface area contributed by atoms with Crippen molar-refractivity contribution in [3.63, 3.8) is 0 Å². The molecule has 0 radical (unpaired) electrons. The van der Waals surface area contributed by atoms with Crippen LogP contribution in [0.1, 0.15) is 67.1 Å². The van der Waals surface area contributed by atoms with Gasteiger partial charge < -0.3 is 9.05 Å². The van der Waals surface area contributed by atoms with Crippen molar-refractivity contribution in [3.05, 3.63) is 29.2 Å². The zero-order chi connectivity index (χ0) is 14.2. The Balaban J connectivity index is 1.33. The molecule has 0 spiro atoms. The summed E-state index contributed by atoms with van der Waals surface area (Å²) in [5, 5.41) is 8.21.